The highest BCUT2D eigenvalue weighted by atomic mass is 19.1. The van der Waals surface area contributed by atoms with Crippen LogP contribution in [0.25, 0.3) is 16.8 Å². The first-order chi connectivity index (χ1) is 15.9. The van der Waals surface area contributed by atoms with Crippen molar-refractivity contribution in [2.45, 2.75) is 39.2 Å². The Morgan fingerprint density at radius 1 is 1.12 bits per heavy atom. The molecule has 0 bridgehead atoms. The number of hydrogen-bond donors (Lipinski definition) is 1. The summed E-state index contributed by atoms with van der Waals surface area (Å²) in [5, 5.41) is 9.05. The van der Waals surface area contributed by atoms with E-state index >= 15 is 0 Å². The van der Waals surface area contributed by atoms with E-state index in [9.17, 15) is 4.39 Å². The van der Waals surface area contributed by atoms with Crippen LogP contribution in [0.1, 0.15) is 41.4 Å². The molecule has 0 amide bonds. The standard InChI is InChI=1S/C25H28FN7/c1-15-22(20-14-29-31(3)16(20)2)33-21(6-9-28-33)24(30-15)32-10-7-25(8-11-32)13-17-4-5-18(26)12-19(17)23(25)27/h4-6,9,12,14,23H,7-8,10-11,13,27H2,1-3H3/t23-/m1/s1. The molecule has 2 aliphatic rings. The average molecular weight is 446 g/mol. The molecule has 0 saturated carbocycles. The molecule has 1 aliphatic carbocycles. The molecule has 2 N–H and O–H groups in total. The van der Waals surface area contributed by atoms with E-state index in [1.54, 1.807) is 12.1 Å². The van der Waals surface area contributed by atoms with E-state index in [2.05, 4.69) is 22.0 Å². The fourth-order valence-electron chi connectivity index (χ4n) is 5.83. The number of aromatic nitrogens is 5. The third-order valence-electron chi connectivity index (χ3n) is 7.89. The maximum absolute atomic E-state index is 13.8. The van der Waals surface area contributed by atoms with Gasteiger partial charge in [0.25, 0.3) is 0 Å². The normalized spacial score (nSPS) is 19.5. The Hall–Kier alpha value is -3.26. The Balaban J connectivity index is 1.32. The second-order valence-corrected chi connectivity index (χ2v) is 9.61. The Kier molecular flexibility index (Phi) is 4.39. The SMILES string of the molecule is Cc1nc(N2CCC3(CC2)Cc2ccc(F)cc2[C@H]3N)c2ccnn2c1-c1cnn(C)c1C. The van der Waals surface area contributed by atoms with Crippen molar-refractivity contribution in [2.75, 3.05) is 18.0 Å². The van der Waals surface area contributed by atoms with Crippen LogP contribution >= 0.6 is 0 Å². The highest BCUT2D eigenvalue weighted by molar-refractivity contribution is 5.76. The molecule has 1 saturated heterocycles. The molecule has 4 aromatic rings. The first-order valence-corrected chi connectivity index (χ1v) is 11.5. The molecule has 3 aromatic heterocycles. The summed E-state index contributed by atoms with van der Waals surface area (Å²) in [6.45, 7) is 5.82. The van der Waals surface area contributed by atoms with Gasteiger partial charge in [0.05, 0.1) is 23.8 Å². The molecule has 0 unspecified atom stereocenters. The maximum atomic E-state index is 13.8. The molecule has 1 aliphatic heterocycles. The van der Waals surface area contributed by atoms with Crippen molar-refractivity contribution in [3.63, 3.8) is 0 Å². The van der Waals surface area contributed by atoms with E-state index in [4.69, 9.17) is 10.7 Å². The number of anilines is 1. The molecule has 8 heteroatoms. The van der Waals surface area contributed by atoms with Crippen molar-refractivity contribution in [3.05, 3.63) is 65.0 Å². The van der Waals surface area contributed by atoms with Gasteiger partial charge in [-0.3, -0.25) is 4.68 Å². The number of nitrogens with two attached hydrogens (primary N) is 1. The highest BCUT2D eigenvalue weighted by Crippen LogP contribution is 2.51. The van der Waals surface area contributed by atoms with Crippen LogP contribution in [0.4, 0.5) is 10.2 Å². The summed E-state index contributed by atoms with van der Waals surface area (Å²) in [5.41, 5.74) is 13.9. The summed E-state index contributed by atoms with van der Waals surface area (Å²) in [4.78, 5) is 7.41. The zero-order valence-electron chi connectivity index (χ0n) is 19.2. The molecule has 1 aromatic carbocycles. The summed E-state index contributed by atoms with van der Waals surface area (Å²) in [6.07, 6.45) is 6.54. The molecule has 6 rings (SSSR count). The topological polar surface area (TPSA) is 77.3 Å². The smallest absolute Gasteiger partial charge is 0.155 e. The summed E-state index contributed by atoms with van der Waals surface area (Å²) >= 11 is 0. The van der Waals surface area contributed by atoms with Crippen molar-refractivity contribution >= 4 is 11.3 Å². The van der Waals surface area contributed by atoms with E-state index in [0.29, 0.717) is 0 Å². The van der Waals surface area contributed by atoms with E-state index in [0.717, 1.165) is 71.9 Å². The first kappa shape index (κ1) is 20.4. The largest absolute Gasteiger partial charge is 0.355 e. The van der Waals surface area contributed by atoms with Crippen LogP contribution in [0.15, 0.2) is 36.7 Å². The molecule has 1 atom stereocenters. The lowest BCUT2D eigenvalue weighted by atomic mass is 9.73. The van der Waals surface area contributed by atoms with Gasteiger partial charge in [0.15, 0.2) is 5.82 Å². The minimum absolute atomic E-state index is 0.00897. The number of aryl methyl sites for hydroxylation is 2. The summed E-state index contributed by atoms with van der Waals surface area (Å²) in [7, 11) is 1.94. The molecule has 7 nitrogen and oxygen atoms in total. The fourth-order valence-corrected chi connectivity index (χ4v) is 5.83. The number of nitrogens with zero attached hydrogens (tertiary/aromatic N) is 6. The Bertz CT molecular complexity index is 1380. The van der Waals surface area contributed by atoms with Crippen molar-refractivity contribution in [1.82, 2.24) is 24.4 Å². The predicted molar refractivity (Wildman–Crippen MR) is 126 cm³/mol. The van der Waals surface area contributed by atoms with Gasteiger partial charge in [0.2, 0.25) is 0 Å². The molecule has 170 valence electrons. The van der Waals surface area contributed by atoms with Crippen molar-refractivity contribution in [1.29, 1.82) is 0 Å². The average Bonchev–Trinajstić information content (AvgIpc) is 3.48. The minimum Gasteiger partial charge on any atom is -0.355 e. The molecule has 33 heavy (non-hydrogen) atoms. The van der Waals surface area contributed by atoms with Crippen molar-refractivity contribution in [3.8, 4) is 11.3 Å². The lowest BCUT2D eigenvalue weighted by molar-refractivity contribution is 0.187. The Morgan fingerprint density at radius 2 is 1.91 bits per heavy atom. The van der Waals surface area contributed by atoms with Crippen LogP contribution in [0.5, 0.6) is 0 Å². The summed E-state index contributed by atoms with van der Waals surface area (Å²) in [6, 6.07) is 6.99. The van der Waals surface area contributed by atoms with Gasteiger partial charge in [0, 0.05) is 37.4 Å². The second-order valence-electron chi connectivity index (χ2n) is 9.61. The fraction of sp³-hybridized carbons (Fsp3) is 0.400. The van der Waals surface area contributed by atoms with E-state index in [1.165, 1.54) is 5.56 Å². The molecule has 0 radical (unpaired) electrons. The Labute approximate surface area is 192 Å². The number of rotatable bonds is 2. The van der Waals surface area contributed by atoms with Gasteiger partial charge in [-0.15, -0.1) is 0 Å². The summed E-state index contributed by atoms with van der Waals surface area (Å²) in [5.74, 6) is 0.755. The number of benzene rings is 1. The number of hydrogen-bond acceptors (Lipinski definition) is 5. The van der Waals surface area contributed by atoms with E-state index in [-0.39, 0.29) is 17.3 Å². The Morgan fingerprint density at radius 3 is 2.64 bits per heavy atom. The van der Waals surface area contributed by atoms with Crippen molar-refractivity contribution < 1.29 is 4.39 Å². The minimum atomic E-state index is -0.203. The number of halogens is 1. The zero-order valence-corrected chi connectivity index (χ0v) is 19.2. The maximum Gasteiger partial charge on any atom is 0.155 e. The third-order valence-corrected chi connectivity index (χ3v) is 7.89. The van der Waals surface area contributed by atoms with Crippen LogP contribution in [-0.2, 0) is 13.5 Å². The third kappa shape index (κ3) is 2.93. The summed E-state index contributed by atoms with van der Waals surface area (Å²) < 4.78 is 17.7. The van der Waals surface area contributed by atoms with Gasteiger partial charge < -0.3 is 10.6 Å². The number of fused-ring (bicyclic) bond motifs is 2. The van der Waals surface area contributed by atoms with Crippen LogP contribution < -0.4 is 10.6 Å². The van der Waals surface area contributed by atoms with Crippen LogP contribution in [0.3, 0.4) is 0 Å². The van der Waals surface area contributed by atoms with Crippen LogP contribution in [0, 0.1) is 25.1 Å². The quantitative estimate of drug-likeness (QED) is 0.509. The second kappa shape index (κ2) is 7.12. The molecule has 1 fully saturated rings. The van der Waals surface area contributed by atoms with E-state index in [1.807, 2.05) is 47.7 Å². The van der Waals surface area contributed by atoms with Crippen LogP contribution in [-0.4, -0.2) is 37.5 Å². The van der Waals surface area contributed by atoms with Gasteiger partial charge in [-0.2, -0.15) is 10.2 Å². The zero-order chi connectivity index (χ0) is 22.9. The van der Waals surface area contributed by atoms with E-state index < -0.39 is 0 Å². The predicted octanol–water partition coefficient (Wildman–Crippen LogP) is 3.73. The first-order valence-electron chi connectivity index (χ1n) is 11.5. The van der Waals surface area contributed by atoms with Gasteiger partial charge >= 0.3 is 0 Å². The number of piperidine rings is 1. The highest BCUT2D eigenvalue weighted by Gasteiger charge is 2.46. The van der Waals surface area contributed by atoms with Gasteiger partial charge in [-0.05, 0) is 67.9 Å². The van der Waals surface area contributed by atoms with Crippen LogP contribution in [0.2, 0.25) is 0 Å². The lowest BCUT2D eigenvalue weighted by Gasteiger charge is -2.42. The molecule has 4 heterocycles. The molecular weight excluding hydrogens is 417 g/mol. The molecule has 1 spiro atoms. The van der Waals surface area contributed by atoms with Gasteiger partial charge in [0.1, 0.15) is 11.3 Å². The lowest BCUT2D eigenvalue weighted by Crippen LogP contribution is -2.44. The van der Waals surface area contributed by atoms with Gasteiger partial charge in [-0.1, -0.05) is 6.07 Å². The van der Waals surface area contributed by atoms with Gasteiger partial charge in [-0.25, -0.2) is 13.9 Å². The molecular formula is C25H28FN7. The van der Waals surface area contributed by atoms with Crippen molar-refractivity contribution in [2.24, 2.45) is 18.2 Å². The monoisotopic (exact) mass is 445 g/mol.